The first-order valence-electron chi connectivity index (χ1n) is 17.0. The molecule has 3 fully saturated rings. The fraction of sp³-hybridized carbons (Fsp3) is 0.757. The molecule has 1 spiro atoms. The van der Waals surface area contributed by atoms with Gasteiger partial charge in [-0.1, -0.05) is 0 Å². The molecule has 8 atom stereocenters. The molecule has 0 aliphatic heterocycles. The Kier molecular flexibility index (Phi) is 8.70. The van der Waals surface area contributed by atoms with Gasteiger partial charge in [0.05, 0.1) is 0 Å². The average molecular weight is 704 g/mol. The number of aliphatic hydroxyl groups is 1. The van der Waals surface area contributed by atoms with Crippen molar-refractivity contribution in [2.45, 2.75) is 134 Å². The summed E-state index contributed by atoms with van der Waals surface area (Å²) in [6, 6.07) is 10.9. The summed E-state index contributed by atoms with van der Waals surface area (Å²) in [5, 5.41) is 11.4. The maximum atomic E-state index is 15.5. The number of ketones is 1. The van der Waals surface area contributed by atoms with E-state index in [4.69, 9.17) is 8.85 Å². The number of hydrogen-bond acceptors (Lipinski definition) is 4. The minimum atomic E-state index is -2.16. The molecular formula is C37H60O4SeSi2. The number of benzene rings is 1. The Morgan fingerprint density at radius 2 is 1.55 bits per heavy atom. The van der Waals surface area contributed by atoms with Gasteiger partial charge >= 0.3 is 278 Å². The molecule has 1 N–H and O–H groups in total. The molecular weight excluding hydrogens is 644 g/mol. The van der Waals surface area contributed by atoms with Crippen LogP contribution in [-0.2, 0) is 13.6 Å². The van der Waals surface area contributed by atoms with Crippen molar-refractivity contribution in [2.75, 3.05) is 6.61 Å². The van der Waals surface area contributed by atoms with Crippen LogP contribution in [0.2, 0.25) is 41.1 Å². The molecule has 7 heteroatoms. The van der Waals surface area contributed by atoms with Gasteiger partial charge in [-0.2, -0.15) is 0 Å². The number of carbonyl (C=O) groups is 1. The van der Waals surface area contributed by atoms with Gasteiger partial charge in [0.25, 0.3) is 0 Å². The first-order chi connectivity index (χ1) is 20.0. The second kappa shape index (κ2) is 11.0. The van der Waals surface area contributed by atoms with Crippen LogP contribution in [0.15, 0.2) is 42.0 Å². The molecule has 0 amide bonds. The monoisotopic (exact) mass is 704 g/mol. The summed E-state index contributed by atoms with van der Waals surface area (Å²) < 4.78 is 16.0. The molecule has 4 nitrogen and oxygen atoms in total. The van der Waals surface area contributed by atoms with Crippen molar-refractivity contribution in [3.8, 4) is 0 Å². The van der Waals surface area contributed by atoms with Crippen LogP contribution in [0, 0.1) is 34.5 Å². The summed E-state index contributed by atoms with van der Waals surface area (Å²) in [6.45, 7) is 31.0. The Hall–Kier alpha value is -0.537. The molecule has 1 aromatic carbocycles. The molecule has 44 heavy (non-hydrogen) atoms. The summed E-state index contributed by atoms with van der Waals surface area (Å²) in [5.74, 6) is 0.621. The van der Waals surface area contributed by atoms with Crippen molar-refractivity contribution in [1.82, 2.24) is 0 Å². The summed E-state index contributed by atoms with van der Waals surface area (Å²) >= 11 is 0.0532. The molecule has 4 aliphatic carbocycles. The van der Waals surface area contributed by atoms with Crippen LogP contribution >= 0.6 is 0 Å². The first-order valence-corrected chi connectivity index (χ1v) is 24.7. The molecule has 246 valence electrons. The van der Waals surface area contributed by atoms with E-state index in [0.29, 0.717) is 25.2 Å². The van der Waals surface area contributed by atoms with E-state index in [0.717, 1.165) is 6.42 Å². The summed E-state index contributed by atoms with van der Waals surface area (Å²) in [6.07, 6.45) is 4.17. The van der Waals surface area contributed by atoms with E-state index in [1.54, 1.807) is 0 Å². The zero-order valence-electron chi connectivity index (χ0n) is 29.8. The number of aliphatic hydroxyl groups excluding tert-OH is 1. The topological polar surface area (TPSA) is 55.8 Å². The van der Waals surface area contributed by atoms with Crippen LogP contribution in [0.4, 0.5) is 0 Å². The molecule has 1 aromatic rings. The van der Waals surface area contributed by atoms with Crippen LogP contribution in [0.1, 0.15) is 81.6 Å². The summed E-state index contributed by atoms with van der Waals surface area (Å²) in [7, 11) is -4.19. The van der Waals surface area contributed by atoms with Gasteiger partial charge in [-0.3, -0.25) is 0 Å². The molecule has 3 saturated carbocycles. The maximum absolute atomic E-state index is 15.5. The van der Waals surface area contributed by atoms with Crippen molar-refractivity contribution in [3.05, 3.63) is 42.0 Å². The number of allylic oxidation sites excluding steroid dienone is 1. The normalized spacial score (nSPS) is 37.0. The predicted molar refractivity (Wildman–Crippen MR) is 189 cm³/mol. The molecule has 2 bridgehead atoms. The van der Waals surface area contributed by atoms with Crippen LogP contribution in [0.25, 0.3) is 0 Å². The second-order valence-corrected chi connectivity index (χ2v) is 30.4. The average Bonchev–Trinajstić information content (AvgIpc) is 3.18. The zero-order chi connectivity index (χ0) is 32.9. The molecule has 0 saturated heterocycles. The number of Topliss-reactive ketones (excluding diaryl/α,β-unsaturated/α-hetero) is 1. The molecule has 0 radical (unpaired) electrons. The van der Waals surface area contributed by atoms with E-state index in [2.05, 4.69) is 125 Å². The quantitative estimate of drug-likeness (QED) is 0.230. The second-order valence-electron chi connectivity index (χ2n) is 18.3. The van der Waals surface area contributed by atoms with Crippen molar-refractivity contribution in [3.63, 3.8) is 0 Å². The molecule has 4 aliphatic rings. The van der Waals surface area contributed by atoms with E-state index in [1.165, 1.54) is 10.0 Å². The van der Waals surface area contributed by atoms with Gasteiger partial charge in [-0.05, 0) is 0 Å². The van der Waals surface area contributed by atoms with Gasteiger partial charge in [-0.15, -0.1) is 0 Å². The van der Waals surface area contributed by atoms with Crippen LogP contribution in [0.3, 0.4) is 0 Å². The van der Waals surface area contributed by atoms with Crippen LogP contribution in [0.5, 0.6) is 0 Å². The number of carbonyl (C=O) groups excluding carboxylic acids is 1. The third-order valence-corrected chi connectivity index (χ3v) is 25.3. The Labute approximate surface area is 277 Å². The van der Waals surface area contributed by atoms with Gasteiger partial charge < -0.3 is 0 Å². The van der Waals surface area contributed by atoms with Crippen LogP contribution in [-0.4, -0.2) is 60.8 Å². The third-order valence-electron chi connectivity index (χ3n) is 13.4. The van der Waals surface area contributed by atoms with Crippen LogP contribution < -0.4 is 4.46 Å². The first kappa shape index (κ1) is 34.8. The standard InChI is InChI=1S/C37H60O4SeSi2/c1-24-21-37(41-44(12,13)34(5,6)7)31(35(37,8)9)29-30(42-28-17-15-14-16-18-28)25(23-40-43(10,11)33(2,3)4)19-26-20-27(38)22-36(24,26)32(29)39/h14-19,24,26-27,29-31,38H,20-23H2,1-13H3/t24-,26-,27+,29+,30+,31-,36-,37+/m1/s1. The van der Waals surface area contributed by atoms with Gasteiger partial charge in [0, 0.05) is 0 Å². The molecule has 0 heterocycles. The third kappa shape index (κ3) is 5.37. The minimum absolute atomic E-state index is 0.0441. The van der Waals surface area contributed by atoms with Gasteiger partial charge in [0.1, 0.15) is 0 Å². The van der Waals surface area contributed by atoms with Gasteiger partial charge in [-0.25, -0.2) is 0 Å². The molecule has 0 aromatic heterocycles. The van der Waals surface area contributed by atoms with Crippen molar-refractivity contribution in [2.24, 2.45) is 34.5 Å². The number of fused-ring (bicyclic) bond motifs is 3. The van der Waals surface area contributed by atoms with Gasteiger partial charge in [0.15, 0.2) is 0 Å². The number of rotatable bonds is 7. The van der Waals surface area contributed by atoms with Crippen molar-refractivity contribution in [1.29, 1.82) is 0 Å². The van der Waals surface area contributed by atoms with E-state index in [1.807, 2.05) is 0 Å². The fourth-order valence-corrected chi connectivity index (χ4v) is 14.1. The van der Waals surface area contributed by atoms with E-state index >= 15 is 4.79 Å². The van der Waals surface area contributed by atoms with E-state index in [9.17, 15) is 5.11 Å². The molecule has 5 rings (SSSR count). The number of hydrogen-bond donors (Lipinski definition) is 1. The van der Waals surface area contributed by atoms with Gasteiger partial charge in [0.2, 0.25) is 0 Å². The predicted octanol–water partition coefficient (Wildman–Crippen LogP) is 8.17. The van der Waals surface area contributed by atoms with Crippen molar-refractivity contribution < 1.29 is 18.8 Å². The Morgan fingerprint density at radius 1 is 0.955 bits per heavy atom. The SMILES string of the molecule is C[C@@H]1C[C@]2(O[Si](C)(C)C(C)(C)C)[C@H]([C@H]3C(=O)[C@]14C[C@@H](O)C[C@H]4C=C(CO[Si](C)(C)C(C)(C)C)[C@@H]3[Se]c1ccccc1)C2(C)C. The van der Waals surface area contributed by atoms with E-state index < -0.39 is 28.2 Å². The zero-order valence-corrected chi connectivity index (χ0v) is 33.5. The Bertz CT molecular complexity index is 1290. The Balaban J connectivity index is 1.69. The summed E-state index contributed by atoms with van der Waals surface area (Å²) in [4.78, 5) is 15.6. The Morgan fingerprint density at radius 3 is 2.11 bits per heavy atom. The summed E-state index contributed by atoms with van der Waals surface area (Å²) in [5.41, 5.74) is 0.342. The van der Waals surface area contributed by atoms with Crippen molar-refractivity contribution >= 4 is 41.8 Å². The molecule has 0 unspecified atom stereocenters. The van der Waals surface area contributed by atoms with E-state index in [-0.39, 0.29) is 64.5 Å². The fourth-order valence-electron chi connectivity index (χ4n) is 8.67.